The Hall–Kier alpha value is -1.48. The highest BCUT2D eigenvalue weighted by atomic mass is 35.5. The second-order valence-corrected chi connectivity index (χ2v) is 3.27. The number of hydrogen-bond donors (Lipinski definition) is 1. The Morgan fingerprint density at radius 1 is 1.47 bits per heavy atom. The van der Waals surface area contributed by atoms with E-state index in [0.717, 1.165) is 0 Å². The molecular weight excluding hydrogens is 216 g/mol. The van der Waals surface area contributed by atoms with Crippen molar-refractivity contribution in [3.8, 4) is 5.75 Å². The Bertz CT molecular complexity index is 361. The van der Waals surface area contributed by atoms with Crippen molar-refractivity contribution in [2.45, 2.75) is 6.42 Å². The summed E-state index contributed by atoms with van der Waals surface area (Å²) in [5.41, 5.74) is 0. The summed E-state index contributed by atoms with van der Waals surface area (Å²) in [6.07, 6.45) is 3.22. The lowest BCUT2D eigenvalue weighted by Crippen LogP contribution is -1.94. The first-order chi connectivity index (χ1) is 7.18. The first-order valence-corrected chi connectivity index (χ1v) is 4.81. The van der Waals surface area contributed by atoms with Crippen LogP contribution >= 0.6 is 11.6 Å². The van der Waals surface area contributed by atoms with Gasteiger partial charge in [-0.05, 0) is 18.2 Å². The van der Waals surface area contributed by atoms with E-state index in [1.54, 1.807) is 36.4 Å². The van der Waals surface area contributed by atoms with Crippen molar-refractivity contribution in [1.82, 2.24) is 0 Å². The maximum Gasteiger partial charge on any atom is 0.307 e. The standard InChI is InChI=1S/C11H11ClO3/c12-9-4-3-5-10(8-9)15-7-2-1-6-11(13)14/h1-5,8H,6-7H2,(H,13,14)/b2-1+. The quantitative estimate of drug-likeness (QED) is 0.786. The van der Waals surface area contributed by atoms with Crippen molar-refractivity contribution in [3.05, 3.63) is 41.4 Å². The Kier molecular flexibility index (Phi) is 4.71. The summed E-state index contributed by atoms with van der Waals surface area (Å²) in [6.45, 7) is 0.341. The fourth-order valence-corrected chi connectivity index (χ4v) is 1.13. The van der Waals surface area contributed by atoms with Gasteiger partial charge in [0.15, 0.2) is 0 Å². The third kappa shape index (κ3) is 5.08. The number of hydrogen-bond acceptors (Lipinski definition) is 2. The highest BCUT2D eigenvalue weighted by Gasteiger charge is 1.93. The molecule has 80 valence electrons. The maximum atomic E-state index is 10.2. The number of carboxylic acid groups (broad SMARTS) is 1. The smallest absolute Gasteiger partial charge is 0.307 e. The molecule has 1 N–H and O–H groups in total. The minimum atomic E-state index is -0.853. The van der Waals surface area contributed by atoms with Crippen molar-refractivity contribution in [2.24, 2.45) is 0 Å². The van der Waals surface area contributed by atoms with Crippen molar-refractivity contribution >= 4 is 17.6 Å². The van der Waals surface area contributed by atoms with E-state index in [0.29, 0.717) is 17.4 Å². The summed E-state index contributed by atoms with van der Waals surface area (Å²) in [4.78, 5) is 10.2. The van der Waals surface area contributed by atoms with Gasteiger partial charge in [0.2, 0.25) is 0 Å². The van der Waals surface area contributed by atoms with Crippen LogP contribution in [-0.2, 0) is 4.79 Å². The predicted molar refractivity (Wildman–Crippen MR) is 58.3 cm³/mol. The maximum absolute atomic E-state index is 10.2. The normalized spacial score (nSPS) is 10.5. The number of ether oxygens (including phenoxy) is 1. The summed E-state index contributed by atoms with van der Waals surface area (Å²) < 4.78 is 5.30. The predicted octanol–water partition coefficient (Wildman–Crippen LogP) is 2.75. The average molecular weight is 227 g/mol. The van der Waals surface area contributed by atoms with Crippen LogP contribution in [0.25, 0.3) is 0 Å². The SMILES string of the molecule is O=C(O)C/C=C/COc1cccc(Cl)c1. The molecule has 0 spiro atoms. The van der Waals surface area contributed by atoms with Gasteiger partial charge >= 0.3 is 5.97 Å². The van der Waals surface area contributed by atoms with E-state index in [1.165, 1.54) is 0 Å². The molecule has 0 saturated heterocycles. The van der Waals surface area contributed by atoms with E-state index in [4.69, 9.17) is 21.4 Å². The zero-order valence-electron chi connectivity index (χ0n) is 8.02. The highest BCUT2D eigenvalue weighted by Crippen LogP contribution is 2.16. The van der Waals surface area contributed by atoms with Crippen molar-refractivity contribution in [3.63, 3.8) is 0 Å². The van der Waals surface area contributed by atoms with Crippen LogP contribution in [0.1, 0.15) is 6.42 Å². The number of benzene rings is 1. The molecule has 1 aromatic carbocycles. The Balaban J connectivity index is 2.31. The fourth-order valence-electron chi connectivity index (χ4n) is 0.953. The molecule has 3 nitrogen and oxygen atoms in total. The summed E-state index contributed by atoms with van der Waals surface area (Å²) in [6, 6.07) is 7.04. The topological polar surface area (TPSA) is 46.5 Å². The van der Waals surface area contributed by atoms with Crippen molar-refractivity contribution < 1.29 is 14.6 Å². The number of rotatable bonds is 5. The minimum absolute atomic E-state index is 0.0128. The van der Waals surface area contributed by atoms with Crippen LogP contribution in [0.3, 0.4) is 0 Å². The molecule has 0 atom stereocenters. The van der Waals surface area contributed by atoms with Crippen LogP contribution in [0.15, 0.2) is 36.4 Å². The molecule has 0 aliphatic rings. The molecule has 0 heterocycles. The zero-order valence-corrected chi connectivity index (χ0v) is 8.78. The molecule has 0 saturated carbocycles. The minimum Gasteiger partial charge on any atom is -0.489 e. The molecule has 0 unspecified atom stereocenters. The largest absolute Gasteiger partial charge is 0.489 e. The summed E-state index contributed by atoms with van der Waals surface area (Å²) in [7, 11) is 0. The van der Waals surface area contributed by atoms with Gasteiger partial charge in [-0.25, -0.2) is 0 Å². The van der Waals surface area contributed by atoms with E-state index in [2.05, 4.69) is 0 Å². The number of halogens is 1. The van der Waals surface area contributed by atoms with E-state index in [1.807, 2.05) is 0 Å². The van der Waals surface area contributed by atoms with E-state index in [9.17, 15) is 4.79 Å². The van der Waals surface area contributed by atoms with Gasteiger partial charge < -0.3 is 9.84 Å². The molecule has 4 heteroatoms. The summed E-state index contributed by atoms with van der Waals surface area (Å²) in [5.74, 6) is -0.184. The third-order valence-electron chi connectivity index (χ3n) is 1.60. The molecule has 0 aliphatic carbocycles. The fraction of sp³-hybridized carbons (Fsp3) is 0.182. The van der Waals surface area contributed by atoms with Gasteiger partial charge in [-0.3, -0.25) is 4.79 Å². The Morgan fingerprint density at radius 2 is 2.27 bits per heavy atom. The summed E-state index contributed by atoms with van der Waals surface area (Å²) >= 11 is 5.75. The highest BCUT2D eigenvalue weighted by molar-refractivity contribution is 6.30. The van der Waals surface area contributed by atoms with Crippen molar-refractivity contribution in [1.29, 1.82) is 0 Å². The zero-order chi connectivity index (χ0) is 11.1. The van der Waals surface area contributed by atoms with E-state index in [-0.39, 0.29) is 6.42 Å². The first-order valence-electron chi connectivity index (χ1n) is 4.43. The lowest BCUT2D eigenvalue weighted by Gasteiger charge is -2.02. The lowest BCUT2D eigenvalue weighted by molar-refractivity contribution is -0.136. The molecule has 1 rings (SSSR count). The van der Waals surface area contributed by atoms with Gasteiger partial charge in [-0.2, -0.15) is 0 Å². The van der Waals surface area contributed by atoms with Crippen LogP contribution in [0.4, 0.5) is 0 Å². The van der Waals surface area contributed by atoms with Gasteiger partial charge in [-0.1, -0.05) is 29.8 Å². The van der Waals surface area contributed by atoms with Gasteiger partial charge in [0, 0.05) is 5.02 Å². The van der Waals surface area contributed by atoms with Gasteiger partial charge in [0.05, 0.1) is 6.42 Å². The van der Waals surface area contributed by atoms with Crippen LogP contribution in [-0.4, -0.2) is 17.7 Å². The Labute approximate surface area is 92.9 Å². The number of carboxylic acids is 1. The molecule has 0 aromatic heterocycles. The van der Waals surface area contributed by atoms with E-state index >= 15 is 0 Å². The van der Waals surface area contributed by atoms with Crippen LogP contribution < -0.4 is 4.74 Å². The van der Waals surface area contributed by atoms with Gasteiger partial charge in [0.25, 0.3) is 0 Å². The van der Waals surface area contributed by atoms with Gasteiger partial charge in [-0.15, -0.1) is 0 Å². The summed E-state index contributed by atoms with van der Waals surface area (Å²) in [5, 5.41) is 8.97. The second-order valence-electron chi connectivity index (χ2n) is 2.84. The van der Waals surface area contributed by atoms with Crippen LogP contribution in [0, 0.1) is 0 Å². The monoisotopic (exact) mass is 226 g/mol. The first kappa shape index (κ1) is 11.6. The second kappa shape index (κ2) is 6.09. The van der Waals surface area contributed by atoms with E-state index < -0.39 is 5.97 Å². The van der Waals surface area contributed by atoms with Crippen molar-refractivity contribution in [2.75, 3.05) is 6.61 Å². The lowest BCUT2D eigenvalue weighted by atomic mass is 10.3. The van der Waals surface area contributed by atoms with Crippen LogP contribution in [0.5, 0.6) is 5.75 Å². The third-order valence-corrected chi connectivity index (χ3v) is 1.84. The number of aliphatic carboxylic acids is 1. The van der Waals surface area contributed by atoms with Gasteiger partial charge in [0.1, 0.15) is 12.4 Å². The number of carbonyl (C=O) groups is 1. The molecule has 1 aromatic rings. The average Bonchev–Trinajstić information content (AvgIpc) is 2.17. The molecule has 0 bridgehead atoms. The molecule has 15 heavy (non-hydrogen) atoms. The molecular formula is C11H11ClO3. The molecule has 0 aliphatic heterocycles. The molecule has 0 fully saturated rings. The Morgan fingerprint density at radius 3 is 2.93 bits per heavy atom. The van der Waals surface area contributed by atoms with Crippen LogP contribution in [0.2, 0.25) is 5.02 Å². The molecule has 0 radical (unpaired) electrons. The molecule has 0 amide bonds.